The van der Waals surface area contributed by atoms with Gasteiger partial charge in [-0.05, 0) is 56.6 Å². The molecule has 8 nitrogen and oxygen atoms in total. The number of amides is 4. The summed E-state index contributed by atoms with van der Waals surface area (Å²) in [5, 5.41) is 2.83. The first-order chi connectivity index (χ1) is 14.9. The van der Waals surface area contributed by atoms with Crippen LogP contribution >= 0.6 is 0 Å². The largest absolute Gasteiger partial charge is 0.454 e. The molecular weight excluding hydrogens is 410 g/mol. The molecule has 2 unspecified atom stereocenters. The molecule has 4 amide bonds. The van der Waals surface area contributed by atoms with Gasteiger partial charge in [0.25, 0.3) is 11.8 Å². The van der Waals surface area contributed by atoms with Gasteiger partial charge in [-0.25, -0.2) is 4.79 Å². The van der Waals surface area contributed by atoms with E-state index in [4.69, 9.17) is 4.74 Å². The minimum absolute atomic E-state index is 0.0959. The van der Waals surface area contributed by atoms with Crippen LogP contribution in [0.3, 0.4) is 0 Å². The van der Waals surface area contributed by atoms with Gasteiger partial charge in [-0.1, -0.05) is 39.0 Å². The fraction of sp³-hybridized carbons (Fsp3) is 0.583. The van der Waals surface area contributed by atoms with Crippen molar-refractivity contribution in [2.75, 3.05) is 18.1 Å². The molecule has 1 aromatic rings. The zero-order valence-electron chi connectivity index (χ0n) is 19.5. The first-order valence-electron chi connectivity index (χ1n) is 11.1. The summed E-state index contributed by atoms with van der Waals surface area (Å²) in [6.45, 7) is 8.99. The topological polar surface area (TPSA) is 96.0 Å². The number of imide groups is 1. The smallest absolute Gasteiger partial charge is 0.326 e. The molecule has 2 fully saturated rings. The molecule has 1 aliphatic heterocycles. The predicted molar refractivity (Wildman–Crippen MR) is 120 cm³/mol. The zero-order chi connectivity index (χ0) is 23.7. The monoisotopic (exact) mass is 443 g/mol. The molecule has 1 spiro atoms. The lowest BCUT2D eigenvalue weighted by molar-refractivity contribution is -0.151. The fourth-order valence-corrected chi connectivity index (χ4v) is 5.35. The molecule has 1 saturated carbocycles. The van der Waals surface area contributed by atoms with Crippen LogP contribution in [0, 0.1) is 11.3 Å². The highest BCUT2D eigenvalue weighted by molar-refractivity contribution is 6.09. The molecule has 0 radical (unpaired) electrons. The number of para-hydroxylation sites is 1. The Hall–Kier alpha value is -2.90. The summed E-state index contributed by atoms with van der Waals surface area (Å²) in [6.07, 6.45) is 2.04. The second kappa shape index (κ2) is 8.92. The van der Waals surface area contributed by atoms with Crippen molar-refractivity contribution in [3.63, 3.8) is 0 Å². The molecule has 1 aliphatic carbocycles. The third-order valence-corrected chi connectivity index (χ3v) is 6.09. The van der Waals surface area contributed by atoms with E-state index in [2.05, 4.69) is 26.1 Å². The van der Waals surface area contributed by atoms with Crippen LogP contribution in [-0.4, -0.2) is 53.4 Å². The highest BCUT2D eigenvalue weighted by Crippen LogP contribution is 2.46. The van der Waals surface area contributed by atoms with Crippen molar-refractivity contribution in [3.05, 3.63) is 30.3 Å². The summed E-state index contributed by atoms with van der Waals surface area (Å²) < 4.78 is 5.15. The van der Waals surface area contributed by atoms with Crippen molar-refractivity contribution in [1.82, 2.24) is 10.2 Å². The van der Waals surface area contributed by atoms with E-state index in [-0.39, 0.29) is 23.3 Å². The van der Waals surface area contributed by atoms with Crippen LogP contribution in [0.25, 0.3) is 0 Å². The maximum atomic E-state index is 13.1. The van der Waals surface area contributed by atoms with Crippen molar-refractivity contribution >= 4 is 29.5 Å². The number of benzene rings is 1. The number of carbonyl (C=O) groups excluding carboxylic acids is 4. The predicted octanol–water partition coefficient (Wildman–Crippen LogP) is 3.11. The van der Waals surface area contributed by atoms with Crippen LogP contribution < -0.4 is 10.2 Å². The number of esters is 1. The highest BCUT2D eigenvalue weighted by Gasteiger charge is 2.56. The third-order valence-electron chi connectivity index (χ3n) is 6.09. The summed E-state index contributed by atoms with van der Waals surface area (Å²) in [6, 6.07) is 8.39. The van der Waals surface area contributed by atoms with E-state index in [1.165, 1.54) is 0 Å². The molecule has 0 bridgehead atoms. The summed E-state index contributed by atoms with van der Waals surface area (Å²) in [5.74, 6) is -1.29. The molecule has 1 N–H and O–H groups in total. The first-order valence-corrected chi connectivity index (χ1v) is 11.1. The Bertz CT molecular complexity index is 898. The Kier molecular flexibility index (Phi) is 6.62. The van der Waals surface area contributed by atoms with Gasteiger partial charge in [-0.15, -0.1) is 0 Å². The molecule has 2 atom stereocenters. The van der Waals surface area contributed by atoms with E-state index in [9.17, 15) is 19.2 Å². The average molecular weight is 444 g/mol. The number of anilines is 1. The van der Waals surface area contributed by atoms with Crippen LogP contribution in [0.4, 0.5) is 10.5 Å². The number of ether oxygens (including phenoxy) is 1. The molecule has 2 aliphatic rings. The van der Waals surface area contributed by atoms with E-state index in [0.717, 1.165) is 11.3 Å². The van der Waals surface area contributed by atoms with Crippen LogP contribution in [0.2, 0.25) is 0 Å². The SMILES string of the molecule is CC1CC(C)(C)CC2(C1)NC(=O)N(CC(=O)OCC(=O)N(c1ccccc1)C(C)C)C2=O. The molecular formula is C24H33N3O5. The maximum absolute atomic E-state index is 13.1. The first kappa shape index (κ1) is 23.8. The molecule has 1 heterocycles. The molecule has 174 valence electrons. The fourth-order valence-electron chi connectivity index (χ4n) is 5.35. The molecule has 8 heteroatoms. The lowest BCUT2D eigenvalue weighted by Crippen LogP contribution is -2.54. The zero-order valence-corrected chi connectivity index (χ0v) is 19.5. The number of urea groups is 1. The summed E-state index contributed by atoms with van der Waals surface area (Å²) in [7, 11) is 0. The lowest BCUT2D eigenvalue weighted by Gasteiger charge is -2.43. The van der Waals surface area contributed by atoms with Gasteiger partial charge in [-0.2, -0.15) is 0 Å². The van der Waals surface area contributed by atoms with Crippen LogP contribution in [0.15, 0.2) is 30.3 Å². The van der Waals surface area contributed by atoms with E-state index < -0.39 is 36.6 Å². The van der Waals surface area contributed by atoms with Crippen molar-refractivity contribution < 1.29 is 23.9 Å². The Morgan fingerprint density at radius 3 is 2.44 bits per heavy atom. The number of hydrogen-bond donors (Lipinski definition) is 1. The Morgan fingerprint density at radius 1 is 1.19 bits per heavy atom. The molecule has 0 aromatic heterocycles. The third kappa shape index (κ3) is 4.95. The Balaban J connectivity index is 1.62. The van der Waals surface area contributed by atoms with Crippen molar-refractivity contribution in [3.8, 4) is 0 Å². The summed E-state index contributed by atoms with van der Waals surface area (Å²) in [4.78, 5) is 53.3. The molecule has 1 saturated heterocycles. The second-order valence-corrected chi connectivity index (χ2v) is 10.1. The minimum atomic E-state index is -0.976. The normalized spacial score (nSPS) is 24.6. The van der Waals surface area contributed by atoms with E-state index >= 15 is 0 Å². The Morgan fingerprint density at radius 2 is 1.84 bits per heavy atom. The van der Waals surface area contributed by atoms with E-state index in [1.54, 1.807) is 17.0 Å². The van der Waals surface area contributed by atoms with Gasteiger partial charge in [0.15, 0.2) is 6.61 Å². The van der Waals surface area contributed by atoms with Crippen LogP contribution in [0.1, 0.15) is 53.9 Å². The van der Waals surface area contributed by atoms with Gasteiger partial charge in [0, 0.05) is 11.7 Å². The van der Waals surface area contributed by atoms with Gasteiger partial charge in [-0.3, -0.25) is 19.3 Å². The highest BCUT2D eigenvalue weighted by atomic mass is 16.5. The van der Waals surface area contributed by atoms with E-state index in [1.807, 2.05) is 32.0 Å². The maximum Gasteiger partial charge on any atom is 0.326 e. The minimum Gasteiger partial charge on any atom is -0.454 e. The van der Waals surface area contributed by atoms with Gasteiger partial charge < -0.3 is 15.0 Å². The van der Waals surface area contributed by atoms with Crippen molar-refractivity contribution in [1.29, 1.82) is 0 Å². The van der Waals surface area contributed by atoms with E-state index in [0.29, 0.717) is 18.5 Å². The van der Waals surface area contributed by atoms with Crippen molar-refractivity contribution in [2.24, 2.45) is 11.3 Å². The summed E-state index contributed by atoms with van der Waals surface area (Å²) in [5.41, 5.74) is -0.370. The van der Waals surface area contributed by atoms with Gasteiger partial charge in [0.2, 0.25) is 0 Å². The number of rotatable bonds is 6. The molecule has 32 heavy (non-hydrogen) atoms. The summed E-state index contributed by atoms with van der Waals surface area (Å²) >= 11 is 0. The molecule has 3 rings (SSSR count). The van der Waals surface area contributed by atoms with Crippen LogP contribution in [-0.2, 0) is 19.1 Å². The number of nitrogens with zero attached hydrogens (tertiary/aromatic N) is 2. The second-order valence-electron chi connectivity index (χ2n) is 10.1. The van der Waals surface area contributed by atoms with Crippen LogP contribution in [0.5, 0.6) is 0 Å². The number of hydrogen-bond acceptors (Lipinski definition) is 5. The van der Waals surface area contributed by atoms with Gasteiger partial charge >= 0.3 is 12.0 Å². The van der Waals surface area contributed by atoms with Crippen molar-refractivity contribution in [2.45, 2.75) is 65.5 Å². The lowest BCUT2D eigenvalue weighted by atomic mass is 9.64. The number of carbonyl (C=O) groups is 4. The number of nitrogens with one attached hydrogen (secondary N) is 1. The van der Waals surface area contributed by atoms with Gasteiger partial charge in [0.1, 0.15) is 12.1 Å². The standard InChI is InChI=1S/C24H33N3O5/c1-16(2)27(18-9-7-6-8-10-18)19(28)14-32-20(29)13-26-21(30)24(25-22(26)31)12-17(3)11-23(4,5)15-24/h6-10,16-17H,11-15H2,1-5H3,(H,25,31). The molecule has 1 aromatic carbocycles. The average Bonchev–Trinajstić information content (AvgIpc) is 2.88. The Labute approximate surface area is 189 Å². The quantitative estimate of drug-likeness (QED) is 0.538. The van der Waals surface area contributed by atoms with Gasteiger partial charge in [0.05, 0.1) is 0 Å².